The van der Waals surface area contributed by atoms with Crippen molar-refractivity contribution in [3.63, 3.8) is 0 Å². The smallest absolute Gasteiger partial charge is 0.230 e. The number of amides is 1. The van der Waals surface area contributed by atoms with Crippen LogP contribution in [0, 0.1) is 0 Å². The number of rotatable bonds is 9. The summed E-state index contributed by atoms with van der Waals surface area (Å²) in [6, 6.07) is 13.8. The number of likely N-dealkylation sites (tertiary alicyclic amines) is 1. The number of piperidine rings is 1. The molecule has 1 aromatic carbocycles. The fourth-order valence-electron chi connectivity index (χ4n) is 3.72. The number of furan rings is 1. The lowest BCUT2D eigenvalue weighted by molar-refractivity contribution is -0.118. The molecule has 1 saturated heterocycles. The molecule has 0 bridgehead atoms. The maximum Gasteiger partial charge on any atom is 0.230 e. The van der Waals surface area contributed by atoms with Gasteiger partial charge in [0.1, 0.15) is 12.0 Å². The molecule has 1 amide bonds. The van der Waals surface area contributed by atoms with Gasteiger partial charge in [0.25, 0.3) is 0 Å². The van der Waals surface area contributed by atoms with Gasteiger partial charge in [-0.1, -0.05) is 24.6 Å². The zero-order valence-electron chi connectivity index (χ0n) is 17.0. The Morgan fingerprint density at radius 3 is 2.70 bits per heavy atom. The number of nitrogens with zero attached hydrogens (tertiary/aromatic N) is 2. The van der Waals surface area contributed by atoms with Gasteiger partial charge in [0.15, 0.2) is 0 Å². The maximum absolute atomic E-state index is 12.4. The first-order valence-electron chi connectivity index (χ1n) is 10.4. The highest BCUT2D eigenvalue weighted by Crippen LogP contribution is 2.25. The van der Waals surface area contributed by atoms with Crippen LogP contribution in [0.4, 0.5) is 0 Å². The van der Waals surface area contributed by atoms with Crippen LogP contribution in [0.2, 0.25) is 0 Å². The molecule has 2 aromatic heterocycles. The third-order valence-corrected chi connectivity index (χ3v) is 6.22. The fourth-order valence-corrected chi connectivity index (χ4v) is 4.45. The third-order valence-electron chi connectivity index (χ3n) is 5.25. The summed E-state index contributed by atoms with van der Waals surface area (Å²) in [6.07, 6.45) is 7.04. The third kappa shape index (κ3) is 5.55. The Kier molecular flexibility index (Phi) is 7.26. The van der Waals surface area contributed by atoms with Crippen molar-refractivity contribution < 1.29 is 13.6 Å². The number of nitrogens with one attached hydrogen (secondary N) is 1. The van der Waals surface area contributed by atoms with E-state index in [1.54, 1.807) is 12.5 Å². The second kappa shape index (κ2) is 10.5. The van der Waals surface area contributed by atoms with Gasteiger partial charge >= 0.3 is 0 Å². The van der Waals surface area contributed by atoms with Crippen LogP contribution < -0.4 is 5.32 Å². The van der Waals surface area contributed by atoms with E-state index < -0.39 is 0 Å². The molecule has 1 N–H and O–H groups in total. The lowest BCUT2D eigenvalue weighted by atomic mass is 10.1. The average Bonchev–Trinajstić information content (AvgIpc) is 3.48. The van der Waals surface area contributed by atoms with E-state index in [0.29, 0.717) is 23.9 Å². The quantitative estimate of drug-likeness (QED) is 0.544. The maximum atomic E-state index is 12.4. The van der Waals surface area contributed by atoms with Gasteiger partial charge in [-0.2, -0.15) is 0 Å². The van der Waals surface area contributed by atoms with E-state index >= 15 is 0 Å². The van der Waals surface area contributed by atoms with Crippen molar-refractivity contribution in [2.75, 3.05) is 25.4 Å². The monoisotopic (exact) mass is 425 g/mol. The van der Waals surface area contributed by atoms with Crippen molar-refractivity contribution in [3.05, 3.63) is 66.4 Å². The highest BCUT2D eigenvalue weighted by atomic mass is 32.2. The van der Waals surface area contributed by atoms with Crippen molar-refractivity contribution in [3.8, 4) is 11.5 Å². The molecule has 0 saturated carbocycles. The molecular weight excluding hydrogens is 398 g/mol. The molecule has 0 radical (unpaired) electrons. The highest BCUT2D eigenvalue weighted by molar-refractivity contribution is 7.99. The van der Waals surface area contributed by atoms with Gasteiger partial charge in [0.05, 0.1) is 23.8 Å². The zero-order valence-corrected chi connectivity index (χ0v) is 17.8. The Morgan fingerprint density at radius 2 is 1.93 bits per heavy atom. The van der Waals surface area contributed by atoms with E-state index in [9.17, 15) is 4.79 Å². The summed E-state index contributed by atoms with van der Waals surface area (Å²) in [7, 11) is 0. The molecule has 1 fully saturated rings. The molecule has 30 heavy (non-hydrogen) atoms. The average molecular weight is 426 g/mol. The van der Waals surface area contributed by atoms with E-state index in [-0.39, 0.29) is 11.9 Å². The Labute approximate surface area is 181 Å². The number of oxazole rings is 1. The summed E-state index contributed by atoms with van der Waals surface area (Å²) in [4.78, 5) is 19.3. The molecule has 7 heteroatoms. The summed E-state index contributed by atoms with van der Waals surface area (Å²) in [5.41, 5.74) is 1.79. The first-order valence-corrected chi connectivity index (χ1v) is 11.6. The molecule has 3 aromatic rings. The van der Waals surface area contributed by atoms with Gasteiger partial charge in [0.2, 0.25) is 11.8 Å². The van der Waals surface area contributed by atoms with Gasteiger partial charge in [-0.25, -0.2) is 4.98 Å². The van der Waals surface area contributed by atoms with E-state index in [1.807, 2.05) is 42.5 Å². The molecule has 1 atom stereocenters. The van der Waals surface area contributed by atoms with E-state index in [4.69, 9.17) is 8.83 Å². The summed E-state index contributed by atoms with van der Waals surface area (Å²) in [6.45, 7) is 2.66. The summed E-state index contributed by atoms with van der Waals surface area (Å²) in [5.74, 6) is 2.58. The van der Waals surface area contributed by atoms with Crippen LogP contribution >= 0.6 is 11.8 Å². The van der Waals surface area contributed by atoms with Crippen molar-refractivity contribution in [1.82, 2.24) is 15.2 Å². The molecule has 6 nitrogen and oxygen atoms in total. The van der Waals surface area contributed by atoms with Crippen LogP contribution in [0.1, 0.15) is 36.8 Å². The molecule has 1 unspecified atom stereocenters. The summed E-state index contributed by atoms with van der Waals surface area (Å²) >= 11 is 1.54. The van der Waals surface area contributed by atoms with Crippen LogP contribution in [0.5, 0.6) is 0 Å². The first kappa shape index (κ1) is 20.8. The van der Waals surface area contributed by atoms with Crippen molar-refractivity contribution in [2.24, 2.45) is 0 Å². The van der Waals surface area contributed by atoms with Crippen LogP contribution in [0.15, 0.2) is 63.8 Å². The van der Waals surface area contributed by atoms with Crippen LogP contribution in [0.25, 0.3) is 11.5 Å². The molecule has 4 rings (SSSR count). The predicted molar refractivity (Wildman–Crippen MR) is 118 cm³/mol. The summed E-state index contributed by atoms with van der Waals surface area (Å²) in [5, 5.41) is 3.08. The van der Waals surface area contributed by atoms with Crippen LogP contribution in [-0.4, -0.2) is 41.2 Å². The molecule has 0 spiro atoms. The predicted octanol–water partition coefficient (Wildman–Crippen LogP) is 4.51. The van der Waals surface area contributed by atoms with Crippen molar-refractivity contribution in [2.45, 2.75) is 31.1 Å². The number of hydrogen-bond donors (Lipinski definition) is 1. The highest BCUT2D eigenvalue weighted by Gasteiger charge is 2.24. The van der Waals surface area contributed by atoms with Gasteiger partial charge in [-0.3, -0.25) is 9.69 Å². The Morgan fingerprint density at radius 1 is 1.10 bits per heavy atom. The number of benzene rings is 1. The van der Waals surface area contributed by atoms with Gasteiger partial charge < -0.3 is 14.2 Å². The lowest BCUT2D eigenvalue weighted by Crippen LogP contribution is -2.40. The SMILES string of the molecule is O=C(CSCc1coc(-c2ccccc2)n1)NCC(c1ccco1)N1CCCCC1. The Bertz CT molecular complexity index is 905. The van der Waals surface area contributed by atoms with Crippen molar-refractivity contribution in [1.29, 1.82) is 0 Å². The van der Waals surface area contributed by atoms with E-state index in [2.05, 4.69) is 15.2 Å². The normalized spacial score (nSPS) is 15.7. The number of aromatic nitrogens is 1. The minimum Gasteiger partial charge on any atom is -0.468 e. The van der Waals surface area contributed by atoms with Gasteiger partial charge in [-0.05, 0) is 50.2 Å². The molecule has 158 valence electrons. The number of carbonyl (C=O) groups excluding carboxylic acids is 1. The molecule has 1 aliphatic heterocycles. The van der Waals surface area contributed by atoms with Crippen LogP contribution in [0.3, 0.4) is 0 Å². The minimum atomic E-state index is 0.0281. The number of thioether (sulfide) groups is 1. The Hall–Kier alpha value is -2.51. The fraction of sp³-hybridized carbons (Fsp3) is 0.391. The second-order valence-corrected chi connectivity index (χ2v) is 8.42. The molecular formula is C23H27N3O3S. The largest absolute Gasteiger partial charge is 0.468 e. The lowest BCUT2D eigenvalue weighted by Gasteiger charge is -2.33. The zero-order chi connectivity index (χ0) is 20.6. The molecule has 1 aliphatic rings. The standard InChI is InChI=1S/C23H27N3O3S/c27-22(17-30-16-19-15-29-23(25-19)18-8-3-1-4-9-18)24-14-20(21-10-7-13-28-21)26-11-5-2-6-12-26/h1,3-4,7-10,13,15,20H,2,5-6,11-12,14,16-17H2,(H,24,27). The topological polar surface area (TPSA) is 71.5 Å². The minimum absolute atomic E-state index is 0.0281. The van der Waals surface area contributed by atoms with Gasteiger partial charge in [-0.15, -0.1) is 11.8 Å². The first-order chi connectivity index (χ1) is 14.8. The van der Waals surface area contributed by atoms with E-state index in [1.165, 1.54) is 31.0 Å². The van der Waals surface area contributed by atoms with Gasteiger partial charge in [0, 0.05) is 17.9 Å². The number of carbonyl (C=O) groups is 1. The van der Waals surface area contributed by atoms with Crippen molar-refractivity contribution >= 4 is 17.7 Å². The Balaban J connectivity index is 1.24. The molecule has 3 heterocycles. The van der Waals surface area contributed by atoms with Crippen LogP contribution in [-0.2, 0) is 10.5 Å². The summed E-state index contributed by atoms with van der Waals surface area (Å²) < 4.78 is 11.2. The number of hydrogen-bond acceptors (Lipinski definition) is 6. The molecule has 0 aliphatic carbocycles. The van der Waals surface area contributed by atoms with E-state index in [0.717, 1.165) is 30.1 Å². The second-order valence-electron chi connectivity index (χ2n) is 7.43.